The Kier molecular flexibility index (Phi) is 5.36. The van der Waals surface area contributed by atoms with Gasteiger partial charge in [0.1, 0.15) is 0 Å². The first-order valence-corrected chi connectivity index (χ1v) is 13.9. The molecular weight excluding hydrogens is 424 g/mol. The Balaban J connectivity index is 1.60. The normalized spacial score (nSPS) is 55.9. The van der Waals surface area contributed by atoms with Gasteiger partial charge in [-0.15, -0.1) is 0 Å². The predicted molar refractivity (Wildman–Crippen MR) is 134 cm³/mol. The molecule has 0 unspecified atom stereocenters. The van der Waals surface area contributed by atoms with Crippen LogP contribution in [0.2, 0.25) is 0 Å². The Morgan fingerprint density at radius 1 is 0.853 bits per heavy atom. The van der Waals surface area contributed by atoms with Crippen molar-refractivity contribution in [3.63, 3.8) is 0 Å². The molecule has 5 saturated carbocycles. The van der Waals surface area contributed by atoms with Crippen LogP contribution < -0.4 is 0 Å². The molecule has 0 amide bonds. The number of aliphatic carboxylic acids is 1. The monoisotopic (exact) mass is 472 g/mol. The third-order valence-electron chi connectivity index (χ3n) is 13.6. The molecule has 0 aromatic heterocycles. The van der Waals surface area contributed by atoms with E-state index in [0.29, 0.717) is 17.8 Å². The zero-order chi connectivity index (χ0) is 25.1. The molecule has 0 aliphatic heterocycles. The fraction of sp³-hybridized carbons (Fsp3) is 0.900. The number of carbonyl (C=O) groups is 1. The van der Waals surface area contributed by atoms with E-state index in [0.717, 1.165) is 63.4 Å². The Morgan fingerprint density at radius 3 is 2.15 bits per heavy atom. The van der Waals surface area contributed by atoms with Gasteiger partial charge in [-0.1, -0.05) is 46.8 Å². The number of hydrogen-bond donors (Lipinski definition) is 3. The topological polar surface area (TPSA) is 77.8 Å². The molecule has 11 atom stereocenters. The third-order valence-corrected chi connectivity index (χ3v) is 13.6. The second kappa shape index (κ2) is 7.34. The minimum absolute atomic E-state index is 0.0921. The van der Waals surface area contributed by atoms with Crippen LogP contribution in [0.15, 0.2) is 12.2 Å². The second-order valence-corrected chi connectivity index (χ2v) is 14.6. The number of aliphatic hydroxyl groups excluding tert-OH is 2. The van der Waals surface area contributed by atoms with Crippen molar-refractivity contribution >= 4 is 5.97 Å². The van der Waals surface area contributed by atoms with Gasteiger partial charge in [-0.3, -0.25) is 4.79 Å². The van der Waals surface area contributed by atoms with Gasteiger partial charge in [0.15, 0.2) is 0 Å². The van der Waals surface area contributed by atoms with Gasteiger partial charge < -0.3 is 15.3 Å². The van der Waals surface area contributed by atoms with Crippen molar-refractivity contribution in [3.8, 4) is 0 Å². The average molecular weight is 473 g/mol. The summed E-state index contributed by atoms with van der Waals surface area (Å²) < 4.78 is 0. The van der Waals surface area contributed by atoms with E-state index in [1.54, 1.807) is 0 Å². The number of carboxylic acid groups (broad SMARTS) is 1. The van der Waals surface area contributed by atoms with Gasteiger partial charge in [0, 0.05) is 5.41 Å². The molecule has 5 aliphatic carbocycles. The van der Waals surface area contributed by atoms with E-state index in [9.17, 15) is 20.1 Å². The van der Waals surface area contributed by atoms with Crippen molar-refractivity contribution in [1.82, 2.24) is 0 Å². The number of carboxylic acids is 1. The van der Waals surface area contributed by atoms with Crippen molar-refractivity contribution in [3.05, 3.63) is 12.2 Å². The lowest BCUT2D eigenvalue weighted by Gasteiger charge is -2.73. The van der Waals surface area contributed by atoms with Crippen LogP contribution in [0.4, 0.5) is 0 Å². The van der Waals surface area contributed by atoms with Crippen LogP contribution in [0.3, 0.4) is 0 Å². The highest BCUT2D eigenvalue weighted by molar-refractivity contribution is 5.76. The van der Waals surface area contributed by atoms with Gasteiger partial charge in [0.05, 0.1) is 17.6 Å². The number of aliphatic hydroxyl groups is 2. The van der Waals surface area contributed by atoms with E-state index in [4.69, 9.17) is 0 Å². The molecule has 4 heteroatoms. The van der Waals surface area contributed by atoms with Gasteiger partial charge in [0.2, 0.25) is 0 Å². The number of fused-ring (bicyclic) bond motifs is 7. The first-order chi connectivity index (χ1) is 15.7. The van der Waals surface area contributed by atoms with Crippen molar-refractivity contribution in [1.29, 1.82) is 0 Å². The third kappa shape index (κ3) is 2.71. The lowest BCUT2D eigenvalue weighted by atomic mass is 9.31. The Hall–Kier alpha value is -0.870. The molecule has 3 N–H and O–H groups in total. The smallest absolute Gasteiger partial charge is 0.309 e. The van der Waals surface area contributed by atoms with Gasteiger partial charge >= 0.3 is 5.97 Å². The van der Waals surface area contributed by atoms with Crippen molar-refractivity contribution in [2.24, 2.45) is 56.7 Å². The lowest BCUT2D eigenvalue weighted by Crippen LogP contribution is -2.71. The highest BCUT2D eigenvalue weighted by Gasteiger charge is 2.74. The summed E-state index contributed by atoms with van der Waals surface area (Å²) in [6.45, 7) is 18.1. The molecule has 34 heavy (non-hydrogen) atoms. The molecule has 4 nitrogen and oxygen atoms in total. The summed E-state index contributed by atoms with van der Waals surface area (Å²) in [6.07, 6.45) is 7.31. The fourth-order valence-corrected chi connectivity index (χ4v) is 11.4. The van der Waals surface area contributed by atoms with E-state index >= 15 is 0 Å². The maximum Gasteiger partial charge on any atom is 0.309 e. The Bertz CT molecular complexity index is 894. The Morgan fingerprint density at radius 2 is 1.53 bits per heavy atom. The average Bonchev–Trinajstić information content (AvgIpc) is 3.16. The lowest BCUT2D eigenvalue weighted by molar-refractivity contribution is -0.283. The van der Waals surface area contributed by atoms with Crippen molar-refractivity contribution in [2.75, 3.05) is 0 Å². The number of rotatable bonds is 2. The van der Waals surface area contributed by atoms with E-state index < -0.39 is 17.5 Å². The van der Waals surface area contributed by atoms with Gasteiger partial charge in [-0.05, 0) is 111 Å². The van der Waals surface area contributed by atoms with Crippen LogP contribution in [-0.4, -0.2) is 33.5 Å². The van der Waals surface area contributed by atoms with Crippen LogP contribution in [0.5, 0.6) is 0 Å². The van der Waals surface area contributed by atoms with Crippen LogP contribution in [0.1, 0.15) is 99.3 Å². The summed E-state index contributed by atoms with van der Waals surface area (Å²) in [7, 11) is 0. The van der Waals surface area contributed by atoms with E-state index in [1.165, 1.54) is 0 Å². The summed E-state index contributed by atoms with van der Waals surface area (Å²) in [5, 5.41) is 33.4. The predicted octanol–water partition coefficient (Wildman–Crippen LogP) is 6.06. The van der Waals surface area contributed by atoms with Crippen LogP contribution in [0.25, 0.3) is 0 Å². The van der Waals surface area contributed by atoms with E-state index in [-0.39, 0.29) is 39.6 Å². The molecule has 0 radical (unpaired) electrons. The van der Waals surface area contributed by atoms with Crippen LogP contribution in [0, 0.1) is 56.7 Å². The maximum atomic E-state index is 12.8. The molecule has 0 aromatic rings. The molecule has 5 aliphatic rings. The van der Waals surface area contributed by atoms with Crippen LogP contribution >= 0.6 is 0 Å². The van der Waals surface area contributed by atoms with E-state index in [2.05, 4.69) is 48.1 Å². The molecule has 5 rings (SSSR count). The summed E-state index contributed by atoms with van der Waals surface area (Å²) in [5.74, 6) is 0.793. The Labute approximate surface area is 206 Å². The molecule has 0 aromatic carbocycles. The van der Waals surface area contributed by atoms with Gasteiger partial charge in [-0.2, -0.15) is 0 Å². The highest BCUT2D eigenvalue weighted by Crippen LogP contribution is 2.77. The summed E-state index contributed by atoms with van der Waals surface area (Å²) in [5.41, 5.74) is 0.0747. The molecule has 5 fully saturated rings. The largest absolute Gasteiger partial charge is 0.481 e. The van der Waals surface area contributed by atoms with Gasteiger partial charge in [0.25, 0.3) is 0 Å². The first kappa shape index (κ1) is 24.8. The molecule has 0 bridgehead atoms. The zero-order valence-electron chi connectivity index (χ0n) is 22.4. The summed E-state index contributed by atoms with van der Waals surface area (Å²) in [4.78, 5) is 12.8. The quantitative estimate of drug-likeness (QED) is 0.427. The van der Waals surface area contributed by atoms with E-state index in [1.807, 2.05) is 0 Å². The van der Waals surface area contributed by atoms with Crippen LogP contribution in [-0.2, 0) is 4.79 Å². The fourth-order valence-electron chi connectivity index (χ4n) is 11.4. The highest BCUT2D eigenvalue weighted by atomic mass is 16.4. The zero-order valence-corrected chi connectivity index (χ0v) is 22.4. The van der Waals surface area contributed by atoms with Gasteiger partial charge in [-0.25, -0.2) is 0 Å². The molecule has 0 saturated heterocycles. The van der Waals surface area contributed by atoms with Crippen molar-refractivity contribution in [2.45, 2.75) is 112 Å². The number of hydrogen-bond acceptors (Lipinski definition) is 3. The molecule has 192 valence electrons. The minimum atomic E-state index is -0.625. The molecule has 0 spiro atoms. The summed E-state index contributed by atoms with van der Waals surface area (Å²) in [6, 6.07) is 0. The molecule has 0 heterocycles. The molecular formula is C30H48O4. The standard InChI is InChI=1S/C30H48O4/c1-17(2)18-10-13-30(25(33)34)15-14-28(6)19(24(18)30)8-9-20-27(5)12-11-22(31)26(3,4)21(27)16-23(32)29(20,28)7/h18-24,31-32H,1,8-16H2,2-7H3,(H,33,34)/t18-,19+,20+,21-,22-,23-,24+,27+,28+,29-,30-/m0/s1. The van der Waals surface area contributed by atoms with Crippen molar-refractivity contribution < 1.29 is 20.1 Å². The summed E-state index contributed by atoms with van der Waals surface area (Å²) >= 11 is 0. The minimum Gasteiger partial charge on any atom is -0.481 e. The number of allylic oxidation sites excluding steroid dienone is 1. The SMILES string of the molecule is C=C(C)[C@@H]1CC[C@]2(C(=O)O)CC[C@]3(C)[C@H](CC[C@@H]4[C@@]5(C)CC[C@H](O)C(C)(C)[C@@H]5C[C@H](O)[C@]43C)[C@@H]12. The maximum absolute atomic E-state index is 12.8. The first-order valence-electron chi connectivity index (χ1n) is 13.9. The second-order valence-electron chi connectivity index (χ2n) is 14.6.